The Bertz CT molecular complexity index is 518. The Morgan fingerprint density at radius 1 is 1.35 bits per heavy atom. The largest absolute Gasteiger partial charge is 0.478 e. The van der Waals surface area contributed by atoms with Crippen LogP contribution in [0.15, 0.2) is 18.2 Å². The number of rotatable bonds is 3. The third-order valence-corrected chi connectivity index (χ3v) is 5.05. The SMILES string of the molecule is CC(C)C1CC(N2CCCc3c(C(=O)O)cccc32)C1. The number of benzene rings is 1. The van der Waals surface area contributed by atoms with Crippen molar-refractivity contribution in [2.75, 3.05) is 11.4 Å². The number of carboxylic acid groups (broad SMARTS) is 1. The van der Waals surface area contributed by atoms with Crippen LogP contribution in [-0.4, -0.2) is 23.7 Å². The Morgan fingerprint density at radius 2 is 2.10 bits per heavy atom. The maximum atomic E-state index is 11.4. The van der Waals surface area contributed by atoms with E-state index in [0.29, 0.717) is 11.6 Å². The fourth-order valence-electron chi connectivity index (χ4n) is 3.66. The lowest BCUT2D eigenvalue weighted by Gasteiger charge is -2.48. The topological polar surface area (TPSA) is 40.5 Å². The molecule has 3 heteroatoms. The van der Waals surface area contributed by atoms with E-state index >= 15 is 0 Å². The molecule has 0 unspecified atom stereocenters. The summed E-state index contributed by atoms with van der Waals surface area (Å²) in [5, 5.41) is 9.33. The average molecular weight is 273 g/mol. The molecule has 1 fully saturated rings. The van der Waals surface area contributed by atoms with Gasteiger partial charge >= 0.3 is 5.97 Å². The Balaban J connectivity index is 1.85. The first-order valence-electron chi connectivity index (χ1n) is 7.69. The zero-order valence-electron chi connectivity index (χ0n) is 12.3. The molecule has 1 saturated carbocycles. The van der Waals surface area contributed by atoms with E-state index in [-0.39, 0.29) is 0 Å². The third-order valence-electron chi connectivity index (χ3n) is 5.05. The zero-order chi connectivity index (χ0) is 14.3. The summed E-state index contributed by atoms with van der Waals surface area (Å²) in [5.74, 6) is 0.811. The maximum absolute atomic E-state index is 11.4. The van der Waals surface area contributed by atoms with E-state index in [0.717, 1.165) is 36.8 Å². The number of carboxylic acids is 1. The van der Waals surface area contributed by atoms with Crippen molar-refractivity contribution >= 4 is 11.7 Å². The normalized spacial score (nSPS) is 25.2. The standard InChI is InChI=1S/C17H23NO2/c1-11(2)12-9-13(10-12)18-8-4-6-14-15(17(19)20)5-3-7-16(14)18/h3,5,7,11-13H,4,6,8-10H2,1-2H3,(H,19,20). The van der Waals surface area contributed by atoms with Crippen molar-refractivity contribution in [2.24, 2.45) is 11.8 Å². The van der Waals surface area contributed by atoms with Crippen LogP contribution in [0.4, 0.5) is 5.69 Å². The van der Waals surface area contributed by atoms with Gasteiger partial charge in [0.05, 0.1) is 5.56 Å². The maximum Gasteiger partial charge on any atom is 0.336 e. The number of hydrogen-bond acceptors (Lipinski definition) is 2. The summed E-state index contributed by atoms with van der Waals surface area (Å²) < 4.78 is 0. The van der Waals surface area contributed by atoms with E-state index in [1.54, 1.807) is 6.07 Å². The van der Waals surface area contributed by atoms with Crippen molar-refractivity contribution < 1.29 is 9.90 Å². The highest BCUT2D eigenvalue weighted by atomic mass is 16.4. The Morgan fingerprint density at radius 3 is 2.75 bits per heavy atom. The molecular weight excluding hydrogens is 250 g/mol. The second-order valence-corrected chi connectivity index (χ2v) is 6.53. The van der Waals surface area contributed by atoms with Crippen LogP contribution in [0, 0.1) is 11.8 Å². The van der Waals surface area contributed by atoms with Gasteiger partial charge in [0.15, 0.2) is 0 Å². The molecule has 0 radical (unpaired) electrons. The van der Waals surface area contributed by atoms with Gasteiger partial charge in [0.2, 0.25) is 0 Å². The predicted octanol–water partition coefficient (Wildman–Crippen LogP) is 3.57. The van der Waals surface area contributed by atoms with Crippen molar-refractivity contribution in [2.45, 2.75) is 45.6 Å². The molecule has 1 aromatic rings. The van der Waals surface area contributed by atoms with Gasteiger partial charge in [-0.25, -0.2) is 4.79 Å². The lowest BCUT2D eigenvalue weighted by molar-refractivity contribution is 0.0695. The summed E-state index contributed by atoms with van der Waals surface area (Å²) in [4.78, 5) is 13.8. The second-order valence-electron chi connectivity index (χ2n) is 6.53. The number of hydrogen-bond donors (Lipinski definition) is 1. The number of aromatic carboxylic acids is 1. The number of nitrogens with zero attached hydrogens (tertiary/aromatic N) is 1. The van der Waals surface area contributed by atoms with Crippen molar-refractivity contribution in [3.05, 3.63) is 29.3 Å². The van der Waals surface area contributed by atoms with E-state index in [9.17, 15) is 9.90 Å². The van der Waals surface area contributed by atoms with Gasteiger partial charge in [-0.05, 0) is 55.2 Å². The molecule has 0 bridgehead atoms. The van der Waals surface area contributed by atoms with Crippen LogP contribution < -0.4 is 4.90 Å². The van der Waals surface area contributed by atoms with Gasteiger partial charge in [-0.15, -0.1) is 0 Å². The molecule has 0 aromatic heterocycles. The van der Waals surface area contributed by atoms with Gasteiger partial charge in [-0.1, -0.05) is 19.9 Å². The highest BCUT2D eigenvalue weighted by Gasteiger charge is 2.37. The fraction of sp³-hybridized carbons (Fsp3) is 0.588. The molecule has 0 atom stereocenters. The molecule has 0 saturated heterocycles. The highest BCUT2D eigenvalue weighted by molar-refractivity contribution is 5.91. The van der Waals surface area contributed by atoms with Crippen molar-refractivity contribution in [3.63, 3.8) is 0 Å². The summed E-state index contributed by atoms with van der Waals surface area (Å²) in [6.45, 7) is 5.67. The van der Waals surface area contributed by atoms with Crippen LogP contribution >= 0.6 is 0 Å². The minimum Gasteiger partial charge on any atom is -0.478 e. The van der Waals surface area contributed by atoms with Gasteiger partial charge in [-0.2, -0.15) is 0 Å². The molecule has 1 heterocycles. The minimum absolute atomic E-state index is 0.493. The Hall–Kier alpha value is -1.51. The first-order valence-corrected chi connectivity index (χ1v) is 7.69. The smallest absolute Gasteiger partial charge is 0.336 e. The molecule has 0 spiro atoms. The highest BCUT2D eigenvalue weighted by Crippen LogP contribution is 2.41. The summed E-state index contributed by atoms with van der Waals surface area (Å²) in [5.41, 5.74) is 2.70. The number of fused-ring (bicyclic) bond motifs is 1. The summed E-state index contributed by atoms with van der Waals surface area (Å²) in [6, 6.07) is 6.34. The van der Waals surface area contributed by atoms with Crippen molar-refractivity contribution in [1.29, 1.82) is 0 Å². The molecule has 20 heavy (non-hydrogen) atoms. The van der Waals surface area contributed by atoms with Crippen LogP contribution in [-0.2, 0) is 6.42 Å². The third kappa shape index (κ3) is 2.19. The fourth-order valence-corrected chi connectivity index (χ4v) is 3.66. The number of anilines is 1. The summed E-state index contributed by atoms with van der Waals surface area (Å²) in [7, 11) is 0. The van der Waals surface area contributed by atoms with Crippen LogP contribution in [0.2, 0.25) is 0 Å². The molecule has 0 amide bonds. The van der Waals surface area contributed by atoms with Gasteiger partial charge in [0, 0.05) is 18.3 Å². The summed E-state index contributed by atoms with van der Waals surface area (Å²) in [6.07, 6.45) is 4.48. The number of carbonyl (C=O) groups is 1. The Kier molecular flexibility index (Phi) is 3.45. The average Bonchev–Trinajstić information content (AvgIpc) is 2.36. The van der Waals surface area contributed by atoms with Gasteiger partial charge < -0.3 is 10.0 Å². The molecule has 1 aliphatic carbocycles. The first-order chi connectivity index (χ1) is 9.58. The van der Waals surface area contributed by atoms with Crippen molar-refractivity contribution in [3.8, 4) is 0 Å². The van der Waals surface area contributed by atoms with E-state index < -0.39 is 5.97 Å². The molecule has 1 N–H and O–H groups in total. The van der Waals surface area contributed by atoms with Crippen LogP contribution in [0.3, 0.4) is 0 Å². The lowest BCUT2D eigenvalue weighted by Crippen LogP contribution is -2.48. The monoisotopic (exact) mass is 273 g/mol. The molecule has 3 nitrogen and oxygen atoms in total. The Labute approximate surface area is 120 Å². The first kappa shape index (κ1) is 13.5. The van der Waals surface area contributed by atoms with Gasteiger partial charge in [0.25, 0.3) is 0 Å². The molecule has 1 aromatic carbocycles. The molecule has 2 aliphatic rings. The molecule has 3 rings (SSSR count). The van der Waals surface area contributed by atoms with E-state index in [2.05, 4.69) is 24.8 Å². The second kappa shape index (κ2) is 5.12. The quantitative estimate of drug-likeness (QED) is 0.915. The van der Waals surface area contributed by atoms with E-state index in [1.807, 2.05) is 6.07 Å². The van der Waals surface area contributed by atoms with Gasteiger partial charge in [0.1, 0.15) is 0 Å². The van der Waals surface area contributed by atoms with E-state index in [1.165, 1.54) is 18.5 Å². The molecular formula is C17H23NO2. The summed E-state index contributed by atoms with van der Waals surface area (Å²) >= 11 is 0. The minimum atomic E-state index is -0.794. The molecule has 108 valence electrons. The zero-order valence-corrected chi connectivity index (χ0v) is 12.3. The van der Waals surface area contributed by atoms with Crippen LogP contribution in [0.25, 0.3) is 0 Å². The van der Waals surface area contributed by atoms with Gasteiger partial charge in [-0.3, -0.25) is 0 Å². The lowest BCUT2D eigenvalue weighted by atomic mass is 9.72. The molecule has 1 aliphatic heterocycles. The van der Waals surface area contributed by atoms with E-state index in [4.69, 9.17) is 0 Å². The van der Waals surface area contributed by atoms with Crippen LogP contribution in [0.5, 0.6) is 0 Å². The van der Waals surface area contributed by atoms with Crippen LogP contribution in [0.1, 0.15) is 49.0 Å². The predicted molar refractivity (Wildman–Crippen MR) is 80.4 cm³/mol. The van der Waals surface area contributed by atoms with Crippen molar-refractivity contribution in [1.82, 2.24) is 0 Å².